The van der Waals surface area contributed by atoms with Crippen molar-refractivity contribution in [1.29, 1.82) is 0 Å². The zero-order valence-electron chi connectivity index (χ0n) is 13.3. The van der Waals surface area contributed by atoms with E-state index in [-0.39, 0.29) is 5.91 Å². The molecule has 0 aliphatic carbocycles. The van der Waals surface area contributed by atoms with Gasteiger partial charge in [0.1, 0.15) is 5.52 Å². The summed E-state index contributed by atoms with van der Waals surface area (Å²) in [5, 5.41) is 3.48. The third-order valence-electron chi connectivity index (χ3n) is 3.42. The molecule has 0 saturated heterocycles. The summed E-state index contributed by atoms with van der Waals surface area (Å²) in [6.07, 6.45) is 0.486. The van der Waals surface area contributed by atoms with Crippen molar-refractivity contribution < 1.29 is 9.21 Å². The smallest absolute Gasteiger partial charge is 0.228 e. The SMILES string of the molecule is CC(C)CC(=O)Nc1ccc2oc(-c3cc(I)ccc3Cl)nc2c1. The van der Waals surface area contributed by atoms with Gasteiger partial charge in [-0.3, -0.25) is 4.79 Å². The second-order valence-corrected chi connectivity index (χ2v) is 7.62. The number of amides is 1. The van der Waals surface area contributed by atoms with E-state index < -0.39 is 0 Å². The van der Waals surface area contributed by atoms with Crippen molar-refractivity contribution in [3.8, 4) is 11.5 Å². The molecule has 3 aromatic rings. The van der Waals surface area contributed by atoms with E-state index in [2.05, 4.69) is 32.9 Å². The van der Waals surface area contributed by atoms with Crippen molar-refractivity contribution in [1.82, 2.24) is 4.98 Å². The maximum absolute atomic E-state index is 11.9. The molecule has 0 fully saturated rings. The van der Waals surface area contributed by atoms with E-state index in [1.807, 2.05) is 44.2 Å². The second-order valence-electron chi connectivity index (χ2n) is 5.97. The van der Waals surface area contributed by atoms with Crippen molar-refractivity contribution in [2.45, 2.75) is 20.3 Å². The van der Waals surface area contributed by atoms with Crippen molar-refractivity contribution >= 4 is 56.9 Å². The number of benzene rings is 2. The fourth-order valence-corrected chi connectivity index (χ4v) is 3.05. The third-order valence-corrected chi connectivity index (χ3v) is 4.42. The van der Waals surface area contributed by atoms with E-state index in [0.29, 0.717) is 40.0 Å². The first-order valence-corrected chi connectivity index (χ1v) is 9.04. The van der Waals surface area contributed by atoms with Crippen LogP contribution in [0.3, 0.4) is 0 Å². The van der Waals surface area contributed by atoms with E-state index in [9.17, 15) is 4.79 Å². The normalized spacial score (nSPS) is 11.2. The van der Waals surface area contributed by atoms with Crippen molar-refractivity contribution in [3.05, 3.63) is 45.0 Å². The molecule has 6 heteroatoms. The zero-order chi connectivity index (χ0) is 17.3. The Morgan fingerprint density at radius 3 is 2.83 bits per heavy atom. The van der Waals surface area contributed by atoms with Crippen LogP contribution in [0.25, 0.3) is 22.6 Å². The number of oxazole rings is 1. The number of carbonyl (C=O) groups is 1. The molecular weight excluding hydrogens is 439 g/mol. The van der Waals surface area contributed by atoms with Crippen LogP contribution in [0.1, 0.15) is 20.3 Å². The third kappa shape index (κ3) is 3.89. The molecule has 0 unspecified atom stereocenters. The summed E-state index contributed by atoms with van der Waals surface area (Å²) >= 11 is 8.47. The molecule has 0 aliphatic heterocycles. The predicted molar refractivity (Wildman–Crippen MR) is 105 cm³/mol. The summed E-state index contributed by atoms with van der Waals surface area (Å²) < 4.78 is 6.85. The van der Waals surface area contributed by atoms with Crippen LogP contribution >= 0.6 is 34.2 Å². The molecule has 24 heavy (non-hydrogen) atoms. The second kappa shape index (κ2) is 7.11. The highest BCUT2D eigenvalue weighted by atomic mass is 127. The van der Waals surface area contributed by atoms with Gasteiger partial charge in [-0.15, -0.1) is 0 Å². The Morgan fingerprint density at radius 1 is 1.29 bits per heavy atom. The van der Waals surface area contributed by atoms with E-state index in [0.717, 1.165) is 9.13 Å². The molecule has 0 spiro atoms. The van der Waals surface area contributed by atoms with Gasteiger partial charge in [0.05, 0.1) is 10.6 Å². The van der Waals surface area contributed by atoms with E-state index in [4.69, 9.17) is 16.0 Å². The van der Waals surface area contributed by atoms with Crippen LogP contribution in [-0.2, 0) is 4.79 Å². The number of hydrogen-bond donors (Lipinski definition) is 1. The molecule has 2 aromatic carbocycles. The highest BCUT2D eigenvalue weighted by Gasteiger charge is 2.13. The number of anilines is 1. The molecule has 1 N–H and O–H groups in total. The van der Waals surface area contributed by atoms with Crippen LogP contribution in [0.5, 0.6) is 0 Å². The van der Waals surface area contributed by atoms with Crippen LogP contribution in [0.4, 0.5) is 5.69 Å². The number of nitrogens with zero attached hydrogens (tertiary/aromatic N) is 1. The lowest BCUT2D eigenvalue weighted by atomic mass is 10.1. The standard InChI is InChI=1S/C18H16ClIN2O2/c1-10(2)7-17(23)21-12-4-6-16-15(9-12)22-18(24-16)13-8-11(20)3-5-14(13)19/h3-6,8-10H,7H2,1-2H3,(H,21,23). The minimum atomic E-state index is -0.00581. The first-order chi connectivity index (χ1) is 11.4. The molecule has 0 aliphatic rings. The van der Waals surface area contributed by atoms with Gasteiger partial charge in [-0.25, -0.2) is 4.98 Å². The highest BCUT2D eigenvalue weighted by molar-refractivity contribution is 14.1. The van der Waals surface area contributed by atoms with Gasteiger partial charge in [0.15, 0.2) is 5.58 Å². The fraction of sp³-hybridized carbons (Fsp3) is 0.222. The van der Waals surface area contributed by atoms with E-state index in [1.165, 1.54) is 0 Å². The van der Waals surface area contributed by atoms with Crippen molar-refractivity contribution in [2.24, 2.45) is 5.92 Å². The molecule has 1 amide bonds. The van der Waals surface area contributed by atoms with Crippen molar-refractivity contribution in [3.63, 3.8) is 0 Å². The average Bonchev–Trinajstić information content (AvgIpc) is 2.91. The quantitative estimate of drug-likeness (QED) is 0.512. The molecule has 3 rings (SSSR count). The molecule has 0 radical (unpaired) electrons. The molecule has 1 heterocycles. The summed E-state index contributed by atoms with van der Waals surface area (Å²) in [5.41, 5.74) is 2.80. The molecule has 0 saturated carbocycles. The van der Waals surface area contributed by atoms with Gasteiger partial charge in [0.25, 0.3) is 0 Å². The number of rotatable bonds is 4. The molecule has 124 valence electrons. The number of halogens is 2. The largest absolute Gasteiger partial charge is 0.436 e. The first-order valence-electron chi connectivity index (χ1n) is 7.58. The Bertz CT molecular complexity index is 905. The topological polar surface area (TPSA) is 55.1 Å². The molecule has 4 nitrogen and oxygen atoms in total. The van der Waals surface area contributed by atoms with Gasteiger partial charge in [-0.1, -0.05) is 25.4 Å². The first kappa shape index (κ1) is 17.2. The number of nitrogens with one attached hydrogen (secondary N) is 1. The summed E-state index contributed by atoms with van der Waals surface area (Å²) in [6.45, 7) is 4.02. The monoisotopic (exact) mass is 454 g/mol. The van der Waals surface area contributed by atoms with Gasteiger partial charge < -0.3 is 9.73 Å². The van der Waals surface area contributed by atoms with E-state index in [1.54, 1.807) is 6.07 Å². The Labute approximate surface area is 158 Å². The molecule has 0 atom stereocenters. The number of hydrogen-bond acceptors (Lipinski definition) is 3. The Morgan fingerprint density at radius 2 is 2.08 bits per heavy atom. The maximum Gasteiger partial charge on any atom is 0.228 e. The minimum absolute atomic E-state index is 0.00581. The predicted octanol–water partition coefficient (Wildman–Crippen LogP) is 5.74. The lowest BCUT2D eigenvalue weighted by Gasteiger charge is -2.06. The van der Waals surface area contributed by atoms with Crippen LogP contribution in [0, 0.1) is 9.49 Å². The van der Waals surface area contributed by atoms with Gasteiger partial charge in [-0.05, 0) is 64.9 Å². The molecule has 1 aromatic heterocycles. The van der Waals surface area contributed by atoms with Crippen LogP contribution in [0.15, 0.2) is 40.8 Å². The van der Waals surface area contributed by atoms with Crippen LogP contribution in [-0.4, -0.2) is 10.9 Å². The Hall–Kier alpha value is -1.60. The fourth-order valence-electron chi connectivity index (χ4n) is 2.36. The van der Waals surface area contributed by atoms with Crippen LogP contribution in [0.2, 0.25) is 5.02 Å². The summed E-state index contributed by atoms with van der Waals surface area (Å²) in [5.74, 6) is 0.781. The van der Waals surface area contributed by atoms with Gasteiger partial charge >= 0.3 is 0 Å². The van der Waals surface area contributed by atoms with Crippen LogP contribution < -0.4 is 5.32 Å². The summed E-state index contributed by atoms with van der Waals surface area (Å²) in [7, 11) is 0. The Balaban J connectivity index is 1.92. The Kier molecular flexibility index (Phi) is 5.10. The average molecular weight is 455 g/mol. The molecule has 0 bridgehead atoms. The van der Waals surface area contributed by atoms with Gasteiger partial charge in [0.2, 0.25) is 11.8 Å². The molecular formula is C18H16ClIN2O2. The zero-order valence-corrected chi connectivity index (χ0v) is 16.2. The summed E-state index contributed by atoms with van der Waals surface area (Å²) in [4.78, 5) is 16.4. The lowest BCUT2D eigenvalue weighted by molar-refractivity contribution is -0.116. The maximum atomic E-state index is 11.9. The van der Waals surface area contributed by atoms with Gasteiger partial charge in [0, 0.05) is 15.7 Å². The number of aromatic nitrogens is 1. The number of carbonyl (C=O) groups excluding carboxylic acids is 1. The number of fused-ring (bicyclic) bond motifs is 1. The van der Waals surface area contributed by atoms with Crippen molar-refractivity contribution in [2.75, 3.05) is 5.32 Å². The highest BCUT2D eigenvalue weighted by Crippen LogP contribution is 2.32. The van der Waals surface area contributed by atoms with E-state index >= 15 is 0 Å². The van der Waals surface area contributed by atoms with Gasteiger partial charge in [-0.2, -0.15) is 0 Å². The summed E-state index contributed by atoms with van der Waals surface area (Å²) in [6, 6.07) is 11.1. The minimum Gasteiger partial charge on any atom is -0.436 e. The lowest BCUT2D eigenvalue weighted by Crippen LogP contribution is -2.13.